The second kappa shape index (κ2) is 6.78. The maximum absolute atomic E-state index is 13.2. The maximum Gasteiger partial charge on any atom is 0.247 e. The molecule has 0 spiro atoms. The summed E-state index contributed by atoms with van der Waals surface area (Å²) >= 11 is 0. The van der Waals surface area contributed by atoms with E-state index in [1.165, 1.54) is 4.31 Å². The van der Waals surface area contributed by atoms with Gasteiger partial charge < -0.3 is 9.47 Å². The van der Waals surface area contributed by atoms with E-state index >= 15 is 0 Å². The summed E-state index contributed by atoms with van der Waals surface area (Å²) < 4.78 is 38.9. The first kappa shape index (κ1) is 17.9. The number of nitrogens with zero attached hydrogens (tertiary/aromatic N) is 2. The normalized spacial score (nSPS) is 22.1. The molecule has 0 saturated carbocycles. The molecule has 7 nitrogen and oxygen atoms in total. The summed E-state index contributed by atoms with van der Waals surface area (Å²) in [6.45, 7) is 5.87. The average Bonchev–Trinajstić information content (AvgIpc) is 2.94. The molecule has 3 rings (SSSR count). The Kier molecular flexibility index (Phi) is 4.86. The molecule has 2 heterocycles. The molecule has 136 valence electrons. The van der Waals surface area contributed by atoms with Crippen molar-refractivity contribution in [2.24, 2.45) is 0 Å². The summed E-state index contributed by atoms with van der Waals surface area (Å²) in [4.78, 5) is 0.259. The standard InChI is InChI=1S/C17H23N3O4S/c1-11-10-24-16(14-5-7-15(23-4)8-6-14)9-20(11)25(21,22)17-12(2)18-19-13(17)3/h5-8,11,16H,9-10H2,1-4H3,(H,18,19). The third-order valence-corrected chi connectivity index (χ3v) is 6.73. The molecule has 1 N–H and O–H groups in total. The highest BCUT2D eigenvalue weighted by molar-refractivity contribution is 7.89. The molecule has 1 aromatic carbocycles. The van der Waals surface area contributed by atoms with Crippen molar-refractivity contribution in [3.05, 3.63) is 41.2 Å². The van der Waals surface area contributed by atoms with Crippen LogP contribution in [0.15, 0.2) is 29.2 Å². The van der Waals surface area contributed by atoms with Crippen LogP contribution < -0.4 is 4.74 Å². The van der Waals surface area contributed by atoms with Gasteiger partial charge in [0, 0.05) is 12.6 Å². The average molecular weight is 365 g/mol. The van der Waals surface area contributed by atoms with Gasteiger partial charge >= 0.3 is 0 Å². The molecule has 1 aliphatic rings. The number of morpholine rings is 1. The van der Waals surface area contributed by atoms with Crippen LogP contribution in [0.2, 0.25) is 0 Å². The minimum Gasteiger partial charge on any atom is -0.497 e. The number of benzene rings is 1. The topological polar surface area (TPSA) is 84.5 Å². The first-order chi connectivity index (χ1) is 11.8. The Balaban J connectivity index is 1.90. The summed E-state index contributed by atoms with van der Waals surface area (Å²) in [5, 5.41) is 6.77. The van der Waals surface area contributed by atoms with E-state index in [0.29, 0.717) is 18.0 Å². The molecule has 0 aliphatic carbocycles. The Labute approximate surface area is 148 Å². The smallest absolute Gasteiger partial charge is 0.247 e. The first-order valence-electron chi connectivity index (χ1n) is 8.13. The second-order valence-corrected chi connectivity index (χ2v) is 8.11. The zero-order valence-corrected chi connectivity index (χ0v) is 15.6. The molecular weight excluding hydrogens is 342 g/mol. The minimum atomic E-state index is -3.65. The van der Waals surface area contributed by atoms with Gasteiger partial charge in [0.05, 0.1) is 31.2 Å². The SMILES string of the molecule is COc1ccc(C2CN(S(=O)(=O)c3c(C)n[nH]c3C)C(C)CO2)cc1. The van der Waals surface area contributed by atoms with Gasteiger partial charge in [-0.3, -0.25) is 5.10 Å². The van der Waals surface area contributed by atoms with Gasteiger partial charge in [-0.1, -0.05) is 12.1 Å². The Bertz CT molecular complexity index is 826. The van der Waals surface area contributed by atoms with E-state index < -0.39 is 10.0 Å². The quantitative estimate of drug-likeness (QED) is 0.898. The highest BCUT2D eigenvalue weighted by Crippen LogP contribution is 2.31. The van der Waals surface area contributed by atoms with Crippen LogP contribution in [0.5, 0.6) is 5.75 Å². The van der Waals surface area contributed by atoms with Crippen LogP contribution in [0.3, 0.4) is 0 Å². The number of hydrogen-bond donors (Lipinski definition) is 1. The Morgan fingerprint density at radius 1 is 1.28 bits per heavy atom. The van der Waals surface area contributed by atoms with E-state index in [1.807, 2.05) is 31.2 Å². The van der Waals surface area contributed by atoms with E-state index in [-0.39, 0.29) is 23.6 Å². The van der Waals surface area contributed by atoms with Crippen molar-refractivity contribution >= 4 is 10.0 Å². The van der Waals surface area contributed by atoms with Crippen molar-refractivity contribution in [3.63, 3.8) is 0 Å². The third-order valence-electron chi connectivity index (χ3n) is 4.49. The number of rotatable bonds is 4. The molecule has 1 aromatic heterocycles. The Hall–Kier alpha value is -1.90. The fourth-order valence-electron chi connectivity index (χ4n) is 3.13. The van der Waals surface area contributed by atoms with Crippen molar-refractivity contribution < 1.29 is 17.9 Å². The van der Waals surface area contributed by atoms with Crippen LogP contribution in [0.25, 0.3) is 0 Å². The highest BCUT2D eigenvalue weighted by atomic mass is 32.2. The molecule has 2 unspecified atom stereocenters. The van der Waals surface area contributed by atoms with Gasteiger partial charge in [-0.05, 0) is 38.5 Å². The van der Waals surface area contributed by atoms with Crippen molar-refractivity contribution in [2.75, 3.05) is 20.3 Å². The largest absolute Gasteiger partial charge is 0.497 e. The molecular formula is C17H23N3O4S. The van der Waals surface area contributed by atoms with Crippen LogP contribution in [0.1, 0.15) is 30.0 Å². The van der Waals surface area contributed by atoms with E-state index in [0.717, 1.165) is 11.3 Å². The molecule has 0 radical (unpaired) electrons. The van der Waals surface area contributed by atoms with Gasteiger partial charge in [0.2, 0.25) is 10.0 Å². The van der Waals surface area contributed by atoms with Gasteiger partial charge in [0.15, 0.2) is 0 Å². The van der Waals surface area contributed by atoms with Crippen molar-refractivity contribution in [1.29, 1.82) is 0 Å². The van der Waals surface area contributed by atoms with Crippen LogP contribution in [-0.2, 0) is 14.8 Å². The number of sulfonamides is 1. The van der Waals surface area contributed by atoms with Gasteiger partial charge in [0.25, 0.3) is 0 Å². The van der Waals surface area contributed by atoms with Gasteiger partial charge in [-0.15, -0.1) is 0 Å². The van der Waals surface area contributed by atoms with Crippen LogP contribution in [0, 0.1) is 13.8 Å². The van der Waals surface area contributed by atoms with Crippen molar-refractivity contribution in [3.8, 4) is 5.75 Å². The zero-order chi connectivity index (χ0) is 18.2. The van der Waals surface area contributed by atoms with Crippen LogP contribution in [0.4, 0.5) is 0 Å². The number of aromatic nitrogens is 2. The maximum atomic E-state index is 13.2. The number of methoxy groups -OCH3 is 1. The fraction of sp³-hybridized carbons (Fsp3) is 0.471. The monoisotopic (exact) mass is 365 g/mol. The van der Waals surface area contributed by atoms with Crippen LogP contribution >= 0.6 is 0 Å². The Morgan fingerprint density at radius 2 is 1.96 bits per heavy atom. The number of hydrogen-bond acceptors (Lipinski definition) is 5. The number of aryl methyl sites for hydroxylation is 2. The third kappa shape index (κ3) is 3.29. The number of H-pyrrole nitrogens is 1. The lowest BCUT2D eigenvalue weighted by Gasteiger charge is -2.37. The molecule has 1 fully saturated rings. The summed E-state index contributed by atoms with van der Waals surface area (Å²) in [7, 11) is -2.04. The zero-order valence-electron chi connectivity index (χ0n) is 14.8. The van der Waals surface area contributed by atoms with E-state index in [1.54, 1.807) is 21.0 Å². The number of ether oxygens (including phenoxy) is 2. The minimum absolute atomic E-state index is 0.242. The number of nitrogens with one attached hydrogen (secondary N) is 1. The molecule has 0 bridgehead atoms. The van der Waals surface area contributed by atoms with Crippen LogP contribution in [-0.4, -0.2) is 49.2 Å². The lowest BCUT2D eigenvalue weighted by molar-refractivity contribution is -0.0288. The van der Waals surface area contributed by atoms with Gasteiger partial charge in [-0.25, -0.2) is 8.42 Å². The molecule has 8 heteroatoms. The predicted octanol–water partition coefficient (Wildman–Crippen LogP) is 2.19. The van der Waals surface area contributed by atoms with Crippen molar-refractivity contribution in [2.45, 2.75) is 37.8 Å². The summed E-state index contributed by atoms with van der Waals surface area (Å²) in [5.41, 5.74) is 1.96. The second-order valence-electron chi connectivity index (χ2n) is 6.28. The van der Waals surface area contributed by atoms with E-state index in [9.17, 15) is 8.42 Å². The molecule has 25 heavy (non-hydrogen) atoms. The predicted molar refractivity (Wildman–Crippen MR) is 93.1 cm³/mol. The van der Waals surface area contributed by atoms with Gasteiger partial charge in [-0.2, -0.15) is 9.40 Å². The molecule has 1 aliphatic heterocycles. The molecule has 2 atom stereocenters. The lowest BCUT2D eigenvalue weighted by atomic mass is 10.1. The first-order valence-corrected chi connectivity index (χ1v) is 9.57. The summed E-state index contributed by atoms with van der Waals surface area (Å²) in [6.07, 6.45) is -0.315. The molecule has 2 aromatic rings. The van der Waals surface area contributed by atoms with E-state index in [2.05, 4.69) is 10.2 Å². The van der Waals surface area contributed by atoms with E-state index in [4.69, 9.17) is 9.47 Å². The summed E-state index contributed by atoms with van der Waals surface area (Å²) in [6, 6.07) is 7.25. The fourth-order valence-corrected chi connectivity index (χ4v) is 5.08. The van der Waals surface area contributed by atoms with Crippen molar-refractivity contribution in [1.82, 2.24) is 14.5 Å². The van der Waals surface area contributed by atoms with Gasteiger partial charge in [0.1, 0.15) is 10.6 Å². The Morgan fingerprint density at radius 3 is 2.52 bits per heavy atom. The molecule has 0 amide bonds. The highest BCUT2D eigenvalue weighted by Gasteiger charge is 2.38. The lowest BCUT2D eigenvalue weighted by Crippen LogP contribution is -2.48. The summed E-state index contributed by atoms with van der Waals surface area (Å²) in [5.74, 6) is 0.752. The number of aromatic amines is 1. The molecule has 1 saturated heterocycles.